The quantitative estimate of drug-likeness (QED) is 0.707. The van der Waals surface area contributed by atoms with Gasteiger partial charge in [-0.2, -0.15) is 0 Å². The Balaban J connectivity index is 2.50. The lowest BCUT2D eigenvalue weighted by Gasteiger charge is -2.02. The molecule has 0 aliphatic heterocycles. The number of hydrogen-bond acceptors (Lipinski definition) is 3. The van der Waals surface area contributed by atoms with Crippen LogP contribution in [0.5, 0.6) is 5.75 Å². The first-order valence-corrected chi connectivity index (χ1v) is 3.73. The fourth-order valence-corrected chi connectivity index (χ4v) is 0.765. The van der Waals surface area contributed by atoms with Gasteiger partial charge >= 0.3 is 6.09 Å². The second-order valence-electron chi connectivity index (χ2n) is 2.38. The van der Waals surface area contributed by atoms with E-state index in [9.17, 15) is 9.59 Å². The summed E-state index contributed by atoms with van der Waals surface area (Å²) in [6, 6.07) is 8.52. The minimum atomic E-state index is -0.765. The van der Waals surface area contributed by atoms with Crippen molar-refractivity contribution in [1.82, 2.24) is 5.32 Å². The number of rotatable bonds is 1. The Morgan fingerprint density at radius 3 is 2.38 bits per heavy atom. The predicted octanol–water partition coefficient (Wildman–Crippen LogP) is 1.32. The summed E-state index contributed by atoms with van der Waals surface area (Å²) in [6.07, 6.45) is -0.765. The summed E-state index contributed by atoms with van der Waals surface area (Å²) in [7, 11) is 0. The van der Waals surface area contributed by atoms with Crippen molar-refractivity contribution in [2.45, 2.75) is 6.92 Å². The van der Waals surface area contributed by atoms with Gasteiger partial charge < -0.3 is 4.74 Å². The molecule has 4 heteroatoms. The summed E-state index contributed by atoms with van der Waals surface area (Å²) >= 11 is 0. The van der Waals surface area contributed by atoms with Gasteiger partial charge in [-0.15, -0.1) is 0 Å². The maximum absolute atomic E-state index is 10.9. The Morgan fingerprint density at radius 2 is 1.85 bits per heavy atom. The lowest BCUT2D eigenvalue weighted by atomic mass is 10.3. The number of ether oxygens (including phenoxy) is 1. The highest BCUT2D eigenvalue weighted by molar-refractivity contribution is 5.91. The molecule has 1 N–H and O–H groups in total. The van der Waals surface area contributed by atoms with Gasteiger partial charge in [-0.1, -0.05) is 18.2 Å². The summed E-state index contributed by atoms with van der Waals surface area (Å²) in [5.74, 6) is -0.0396. The van der Waals surface area contributed by atoms with Crippen LogP contribution >= 0.6 is 0 Å². The zero-order valence-electron chi connectivity index (χ0n) is 7.11. The lowest BCUT2D eigenvalue weighted by Crippen LogP contribution is -2.30. The number of carbonyl (C=O) groups excluding carboxylic acids is 2. The minimum Gasteiger partial charge on any atom is -0.410 e. The Labute approximate surface area is 75.5 Å². The van der Waals surface area contributed by atoms with Gasteiger partial charge in [0.05, 0.1) is 0 Å². The van der Waals surface area contributed by atoms with Gasteiger partial charge in [0, 0.05) is 6.92 Å². The van der Waals surface area contributed by atoms with Gasteiger partial charge in [0.2, 0.25) is 5.91 Å². The lowest BCUT2D eigenvalue weighted by molar-refractivity contribution is -0.118. The number of imide groups is 1. The molecule has 0 heterocycles. The summed E-state index contributed by atoms with van der Waals surface area (Å²) in [6.45, 7) is 1.24. The van der Waals surface area contributed by atoms with E-state index in [1.165, 1.54) is 6.92 Å². The fourth-order valence-electron chi connectivity index (χ4n) is 0.765. The third kappa shape index (κ3) is 3.37. The molecule has 0 bridgehead atoms. The molecule has 1 aromatic carbocycles. The molecular formula is C9H9NO3. The van der Waals surface area contributed by atoms with Crippen LogP contribution in [0.2, 0.25) is 0 Å². The van der Waals surface area contributed by atoms with Gasteiger partial charge in [0.1, 0.15) is 5.75 Å². The van der Waals surface area contributed by atoms with Crippen LogP contribution in [0.4, 0.5) is 4.79 Å². The third-order valence-corrected chi connectivity index (χ3v) is 1.23. The van der Waals surface area contributed by atoms with Crippen molar-refractivity contribution >= 4 is 12.0 Å². The normalized spacial score (nSPS) is 9.00. The summed E-state index contributed by atoms with van der Waals surface area (Å²) < 4.78 is 4.75. The average molecular weight is 179 g/mol. The van der Waals surface area contributed by atoms with Crippen LogP contribution in [-0.2, 0) is 4.79 Å². The van der Waals surface area contributed by atoms with Crippen molar-refractivity contribution in [1.29, 1.82) is 0 Å². The number of nitrogens with one attached hydrogen (secondary N) is 1. The molecule has 0 saturated heterocycles. The van der Waals surface area contributed by atoms with Crippen molar-refractivity contribution in [3.05, 3.63) is 30.3 Å². The van der Waals surface area contributed by atoms with Crippen LogP contribution in [0.3, 0.4) is 0 Å². The van der Waals surface area contributed by atoms with E-state index in [1.807, 2.05) is 5.32 Å². The largest absolute Gasteiger partial charge is 0.419 e. The Morgan fingerprint density at radius 1 is 1.23 bits per heavy atom. The molecular weight excluding hydrogens is 170 g/mol. The van der Waals surface area contributed by atoms with Crippen LogP contribution in [0.15, 0.2) is 30.3 Å². The van der Waals surface area contributed by atoms with Gasteiger partial charge in [-0.05, 0) is 12.1 Å². The highest BCUT2D eigenvalue weighted by Gasteiger charge is 2.04. The summed E-state index contributed by atoms with van der Waals surface area (Å²) in [5, 5.41) is 1.99. The average Bonchev–Trinajstić information content (AvgIpc) is 2.04. The number of amides is 2. The molecule has 2 amide bonds. The van der Waals surface area contributed by atoms with Crippen molar-refractivity contribution < 1.29 is 14.3 Å². The molecule has 4 nitrogen and oxygen atoms in total. The first-order valence-electron chi connectivity index (χ1n) is 3.73. The fraction of sp³-hybridized carbons (Fsp3) is 0.111. The van der Waals surface area contributed by atoms with Crippen molar-refractivity contribution in [3.8, 4) is 5.75 Å². The summed E-state index contributed by atoms with van der Waals surface area (Å²) in [4.78, 5) is 21.3. The smallest absolute Gasteiger partial charge is 0.410 e. The molecule has 0 atom stereocenters. The molecule has 13 heavy (non-hydrogen) atoms. The van der Waals surface area contributed by atoms with E-state index in [2.05, 4.69) is 0 Å². The number of carbonyl (C=O) groups is 2. The monoisotopic (exact) mass is 179 g/mol. The second kappa shape index (κ2) is 4.25. The Bertz CT molecular complexity index is 308. The van der Waals surface area contributed by atoms with Gasteiger partial charge in [0.15, 0.2) is 0 Å². The first kappa shape index (κ1) is 9.25. The zero-order valence-corrected chi connectivity index (χ0v) is 7.11. The molecule has 0 aliphatic carbocycles. The van der Waals surface area contributed by atoms with E-state index >= 15 is 0 Å². The van der Waals surface area contributed by atoms with Crippen molar-refractivity contribution in [3.63, 3.8) is 0 Å². The molecule has 0 spiro atoms. The molecule has 68 valence electrons. The molecule has 0 aromatic heterocycles. The molecule has 0 fully saturated rings. The van der Waals surface area contributed by atoms with Gasteiger partial charge in [-0.25, -0.2) is 4.79 Å². The van der Waals surface area contributed by atoms with E-state index < -0.39 is 12.0 Å². The number of benzene rings is 1. The minimum absolute atomic E-state index is 0.404. The van der Waals surface area contributed by atoms with E-state index in [0.29, 0.717) is 5.75 Å². The van der Waals surface area contributed by atoms with E-state index in [1.54, 1.807) is 30.3 Å². The molecule has 1 rings (SSSR count). The topological polar surface area (TPSA) is 55.4 Å². The molecule has 0 aliphatic rings. The van der Waals surface area contributed by atoms with Crippen LogP contribution < -0.4 is 10.1 Å². The first-order chi connectivity index (χ1) is 6.18. The Hall–Kier alpha value is -1.84. The molecule has 0 radical (unpaired) electrons. The highest BCUT2D eigenvalue weighted by Crippen LogP contribution is 2.07. The standard InChI is InChI=1S/C9H9NO3/c1-7(11)10-9(12)13-8-5-3-2-4-6-8/h2-6H,1H3,(H,10,11,12). The van der Waals surface area contributed by atoms with Crippen LogP contribution in [0.1, 0.15) is 6.92 Å². The van der Waals surface area contributed by atoms with Crippen molar-refractivity contribution in [2.75, 3.05) is 0 Å². The maximum atomic E-state index is 10.9. The van der Waals surface area contributed by atoms with Crippen molar-refractivity contribution in [2.24, 2.45) is 0 Å². The van der Waals surface area contributed by atoms with Crippen LogP contribution in [0.25, 0.3) is 0 Å². The van der Waals surface area contributed by atoms with E-state index in [-0.39, 0.29) is 0 Å². The zero-order chi connectivity index (χ0) is 9.68. The van der Waals surface area contributed by atoms with Gasteiger partial charge in [0.25, 0.3) is 0 Å². The predicted molar refractivity (Wildman–Crippen MR) is 46.3 cm³/mol. The van der Waals surface area contributed by atoms with Crippen LogP contribution in [0, 0.1) is 0 Å². The van der Waals surface area contributed by atoms with Gasteiger partial charge in [-0.3, -0.25) is 10.1 Å². The number of para-hydroxylation sites is 1. The third-order valence-electron chi connectivity index (χ3n) is 1.23. The number of hydrogen-bond donors (Lipinski definition) is 1. The summed E-state index contributed by atoms with van der Waals surface area (Å²) in [5.41, 5.74) is 0. The Kier molecular flexibility index (Phi) is 3.03. The SMILES string of the molecule is CC(=O)NC(=O)Oc1ccccc1. The van der Waals surface area contributed by atoms with E-state index in [4.69, 9.17) is 4.74 Å². The van der Waals surface area contributed by atoms with Crippen LogP contribution in [-0.4, -0.2) is 12.0 Å². The molecule has 1 aromatic rings. The second-order valence-corrected chi connectivity index (χ2v) is 2.38. The maximum Gasteiger partial charge on any atom is 0.419 e. The molecule has 0 unspecified atom stereocenters. The molecule has 0 saturated carbocycles. The van der Waals surface area contributed by atoms with E-state index in [0.717, 1.165) is 0 Å². The highest BCUT2D eigenvalue weighted by atomic mass is 16.6.